The lowest BCUT2D eigenvalue weighted by Gasteiger charge is -2.30. The van der Waals surface area contributed by atoms with Crippen molar-refractivity contribution in [2.45, 2.75) is 38.6 Å². The van der Waals surface area contributed by atoms with E-state index in [1.807, 2.05) is 0 Å². The second kappa shape index (κ2) is 7.61. The molecule has 0 bridgehead atoms. The monoisotopic (exact) mass is 325 g/mol. The van der Waals surface area contributed by atoms with Gasteiger partial charge in [0.25, 0.3) is 5.91 Å². The third kappa shape index (κ3) is 4.86. The van der Waals surface area contributed by atoms with Crippen LogP contribution < -0.4 is 16.2 Å². The Morgan fingerprint density at radius 1 is 1.29 bits per heavy atom. The van der Waals surface area contributed by atoms with Crippen molar-refractivity contribution in [2.24, 2.45) is 5.92 Å². The highest BCUT2D eigenvalue weighted by atomic mass is 35.5. The van der Waals surface area contributed by atoms with E-state index in [1.165, 1.54) is 19.3 Å². The molecule has 1 aliphatic rings. The van der Waals surface area contributed by atoms with E-state index < -0.39 is 0 Å². The average Bonchev–Trinajstić information content (AvgIpc) is 2.47. The number of carbonyl (C=O) groups excluding carboxylic acids is 1. The van der Waals surface area contributed by atoms with Crippen LogP contribution in [0.5, 0.6) is 0 Å². The van der Waals surface area contributed by atoms with Crippen LogP contribution in [0.1, 0.15) is 43.0 Å². The number of thiocarbonyl (C=S) groups is 1. The first kappa shape index (κ1) is 16.0. The highest BCUT2D eigenvalue weighted by Gasteiger charge is 2.21. The first-order valence-electron chi connectivity index (χ1n) is 7.18. The van der Waals surface area contributed by atoms with Crippen LogP contribution in [-0.2, 0) is 0 Å². The summed E-state index contributed by atoms with van der Waals surface area (Å²) in [6, 6.07) is 7.14. The first-order valence-corrected chi connectivity index (χ1v) is 7.97. The second-order valence-electron chi connectivity index (χ2n) is 5.43. The number of halogens is 1. The van der Waals surface area contributed by atoms with Gasteiger partial charge in [-0.05, 0) is 49.2 Å². The molecule has 21 heavy (non-hydrogen) atoms. The van der Waals surface area contributed by atoms with Gasteiger partial charge in [0.05, 0.1) is 0 Å². The molecule has 0 spiro atoms. The molecule has 2 rings (SSSR count). The molecule has 0 radical (unpaired) electrons. The van der Waals surface area contributed by atoms with Crippen molar-refractivity contribution in [2.75, 3.05) is 0 Å². The van der Waals surface area contributed by atoms with Gasteiger partial charge in [0.1, 0.15) is 0 Å². The van der Waals surface area contributed by atoms with Gasteiger partial charge in [-0.3, -0.25) is 15.6 Å². The number of hydrogen-bond donors (Lipinski definition) is 3. The molecule has 3 N–H and O–H groups in total. The Hall–Kier alpha value is -1.33. The first-order chi connectivity index (χ1) is 10.1. The molecule has 114 valence electrons. The van der Waals surface area contributed by atoms with Crippen LogP contribution in [0.3, 0.4) is 0 Å². The van der Waals surface area contributed by atoms with Crippen molar-refractivity contribution < 1.29 is 4.79 Å². The Morgan fingerprint density at radius 3 is 2.76 bits per heavy atom. The Morgan fingerprint density at radius 2 is 2.05 bits per heavy atom. The summed E-state index contributed by atoms with van der Waals surface area (Å²) in [5.41, 5.74) is 5.81. The number of nitrogens with one attached hydrogen (secondary N) is 3. The summed E-state index contributed by atoms with van der Waals surface area (Å²) in [6.45, 7) is 2.23. The molecular formula is C15H20ClN3OS. The predicted molar refractivity (Wildman–Crippen MR) is 89.2 cm³/mol. The van der Waals surface area contributed by atoms with E-state index >= 15 is 0 Å². The molecule has 1 amide bonds. The molecule has 1 aliphatic carbocycles. The summed E-state index contributed by atoms with van der Waals surface area (Å²) in [4.78, 5) is 11.9. The fourth-order valence-corrected chi connectivity index (χ4v) is 2.94. The lowest BCUT2D eigenvalue weighted by molar-refractivity contribution is 0.0943. The molecule has 6 heteroatoms. The topological polar surface area (TPSA) is 53.2 Å². The van der Waals surface area contributed by atoms with Crippen LogP contribution in [0.4, 0.5) is 0 Å². The summed E-state index contributed by atoms with van der Waals surface area (Å²) < 4.78 is 0. The smallest absolute Gasteiger partial charge is 0.269 e. The van der Waals surface area contributed by atoms with Crippen LogP contribution >= 0.6 is 23.8 Å². The summed E-state index contributed by atoms with van der Waals surface area (Å²) in [6.07, 6.45) is 4.84. The molecule has 1 aromatic rings. The van der Waals surface area contributed by atoms with Gasteiger partial charge in [-0.1, -0.05) is 37.4 Å². The van der Waals surface area contributed by atoms with E-state index in [0.29, 0.717) is 27.7 Å². The lowest BCUT2D eigenvalue weighted by atomic mass is 9.86. The van der Waals surface area contributed by atoms with Crippen molar-refractivity contribution in [3.8, 4) is 0 Å². The number of rotatable bonds is 2. The maximum absolute atomic E-state index is 11.9. The van der Waals surface area contributed by atoms with E-state index in [4.69, 9.17) is 23.8 Å². The van der Waals surface area contributed by atoms with Crippen LogP contribution in [0, 0.1) is 5.92 Å². The SMILES string of the molecule is C[C@H]1CCCC[C@@H]1NC(=S)NNC(=O)c1cccc(Cl)c1. The largest absolute Gasteiger partial charge is 0.358 e. The minimum absolute atomic E-state index is 0.265. The van der Waals surface area contributed by atoms with E-state index in [0.717, 1.165) is 6.42 Å². The van der Waals surface area contributed by atoms with Crippen LogP contribution in [0.25, 0.3) is 0 Å². The van der Waals surface area contributed by atoms with Gasteiger partial charge in [0.2, 0.25) is 0 Å². The molecule has 4 nitrogen and oxygen atoms in total. The van der Waals surface area contributed by atoms with Crippen LogP contribution in [-0.4, -0.2) is 17.1 Å². The molecule has 0 aromatic heterocycles. The van der Waals surface area contributed by atoms with Crippen molar-refractivity contribution in [1.82, 2.24) is 16.2 Å². The van der Waals surface area contributed by atoms with Gasteiger partial charge in [-0.15, -0.1) is 0 Å². The zero-order valence-corrected chi connectivity index (χ0v) is 13.6. The summed E-state index contributed by atoms with van der Waals surface area (Å²) in [7, 11) is 0. The molecule has 2 atom stereocenters. The highest BCUT2D eigenvalue weighted by molar-refractivity contribution is 7.80. The molecular weight excluding hydrogens is 306 g/mol. The minimum atomic E-state index is -0.265. The Balaban J connectivity index is 1.79. The third-order valence-corrected chi connectivity index (χ3v) is 4.26. The van der Waals surface area contributed by atoms with Crippen molar-refractivity contribution >= 4 is 34.8 Å². The maximum atomic E-state index is 11.9. The van der Waals surface area contributed by atoms with Gasteiger partial charge >= 0.3 is 0 Å². The van der Waals surface area contributed by atoms with Gasteiger partial charge in [-0.2, -0.15) is 0 Å². The van der Waals surface area contributed by atoms with Gasteiger partial charge in [0.15, 0.2) is 5.11 Å². The van der Waals surface area contributed by atoms with Gasteiger partial charge in [0, 0.05) is 16.6 Å². The number of benzene rings is 1. The minimum Gasteiger partial charge on any atom is -0.358 e. The number of amides is 1. The highest BCUT2D eigenvalue weighted by Crippen LogP contribution is 2.23. The molecule has 0 saturated heterocycles. The molecule has 0 aliphatic heterocycles. The molecule has 1 fully saturated rings. The van der Waals surface area contributed by atoms with Crippen molar-refractivity contribution in [1.29, 1.82) is 0 Å². The van der Waals surface area contributed by atoms with E-state index in [-0.39, 0.29) is 5.91 Å². The van der Waals surface area contributed by atoms with Crippen molar-refractivity contribution in [3.63, 3.8) is 0 Å². The lowest BCUT2D eigenvalue weighted by Crippen LogP contribution is -2.51. The Kier molecular flexibility index (Phi) is 5.82. The maximum Gasteiger partial charge on any atom is 0.269 e. The quantitative estimate of drug-likeness (QED) is 0.578. The van der Waals surface area contributed by atoms with Gasteiger partial charge in [-0.25, -0.2) is 0 Å². The number of carbonyl (C=O) groups is 1. The van der Waals surface area contributed by atoms with Gasteiger partial charge < -0.3 is 5.32 Å². The van der Waals surface area contributed by atoms with Crippen molar-refractivity contribution in [3.05, 3.63) is 34.9 Å². The summed E-state index contributed by atoms with van der Waals surface area (Å²) >= 11 is 11.1. The summed E-state index contributed by atoms with van der Waals surface area (Å²) in [5.74, 6) is 0.334. The van der Waals surface area contributed by atoms with E-state index in [2.05, 4.69) is 23.1 Å². The normalized spacial score (nSPS) is 21.4. The average molecular weight is 326 g/mol. The summed E-state index contributed by atoms with van der Waals surface area (Å²) in [5, 5.41) is 4.24. The van der Waals surface area contributed by atoms with E-state index in [1.54, 1.807) is 24.3 Å². The zero-order valence-electron chi connectivity index (χ0n) is 12.0. The Labute approximate surface area is 135 Å². The molecule has 0 heterocycles. The molecule has 1 aromatic carbocycles. The molecule has 1 saturated carbocycles. The standard InChI is InChI=1S/C15H20ClN3OS/c1-10-5-2-3-8-13(10)17-15(21)19-18-14(20)11-6-4-7-12(16)9-11/h4,6-7,9-10,13H,2-3,5,8H2,1H3,(H,18,20)(H2,17,19,21)/t10-,13-/m0/s1. The fourth-order valence-electron chi connectivity index (χ4n) is 2.55. The second-order valence-corrected chi connectivity index (χ2v) is 6.28. The predicted octanol–water partition coefficient (Wildman–Crippen LogP) is 3.03. The molecule has 0 unspecified atom stereocenters. The van der Waals surface area contributed by atoms with Crippen LogP contribution in [0.15, 0.2) is 24.3 Å². The third-order valence-electron chi connectivity index (χ3n) is 3.80. The fraction of sp³-hybridized carbons (Fsp3) is 0.467. The Bertz CT molecular complexity index is 523. The number of hydrazine groups is 1. The van der Waals surface area contributed by atoms with Crippen LogP contribution in [0.2, 0.25) is 5.02 Å². The van der Waals surface area contributed by atoms with E-state index in [9.17, 15) is 4.79 Å². The zero-order chi connectivity index (χ0) is 15.2. The number of hydrogen-bond acceptors (Lipinski definition) is 2.